The molecule has 0 atom stereocenters. The standard InChI is InChI=1S/C16H16Cl2N2O2/c1-10-12(11(2)20(3)19-10)7-8-16(21)22-9-13-14(17)5-4-6-15(13)18/h4-8H,9H2,1-3H3/b8-7+. The molecule has 116 valence electrons. The van der Waals surface area contributed by atoms with Crippen LogP contribution < -0.4 is 0 Å². The molecule has 2 aromatic rings. The third kappa shape index (κ3) is 3.70. The molecule has 22 heavy (non-hydrogen) atoms. The van der Waals surface area contributed by atoms with Gasteiger partial charge < -0.3 is 4.74 Å². The molecular weight excluding hydrogens is 323 g/mol. The zero-order valence-corrected chi connectivity index (χ0v) is 14.1. The number of ether oxygens (including phenoxy) is 1. The van der Waals surface area contributed by atoms with Gasteiger partial charge in [0.15, 0.2) is 0 Å². The Hall–Kier alpha value is -1.78. The van der Waals surface area contributed by atoms with Gasteiger partial charge in [-0.2, -0.15) is 5.10 Å². The summed E-state index contributed by atoms with van der Waals surface area (Å²) in [6.07, 6.45) is 3.08. The summed E-state index contributed by atoms with van der Waals surface area (Å²) in [5.74, 6) is -0.460. The Morgan fingerprint density at radius 2 is 1.95 bits per heavy atom. The molecule has 0 aliphatic carbocycles. The molecule has 2 rings (SSSR count). The van der Waals surface area contributed by atoms with Crippen molar-refractivity contribution in [2.75, 3.05) is 0 Å². The molecule has 0 unspecified atom stereocenters. The maximum absolute atomic E-state index is 11.8. The number of nitrogens with zero attached hydrogens (tertiary/aromatic N) is 2. The molecule has 6 heteroatoms. The molecule has 1 heterocycles. The van der Waals surface area contributed by atoms with E-state index in [0.717, 1.165) is 17.0 Å². The predicted molar refractivity (Wildman–Crippen MR) is 88.0 cm³/mol. The van der Waals surface area contributed by atoms with E-state index in [9.17, 15) is 4.79 Å². The Bertz CT molecular complexity index is 716. The lowest BCUT2D eigenvalue weighted by Crippen LogP contribution is -2.02. The lowest BCUT2D eigenvalue weighted by atomic mass is 10.2. The lowest BCUT2D eigenvalue weighted by Gasteiger charge is -2.06. The molecule has 0 fully saturated rings. The largest absolute Gasteiger partial charge is 0.458 e. The van der Waals surface area contributed by atoms with Gasteiger partial charge in [-0.15, -0.1) is 0 Å². The van der Waals surface area contributed by atoms with Crippen LogP contribution in [0.15, 0.2) is 24.3 Å². The molecule has 1 aromatic heterocycles. The van der Waals surface area contributed by atoms with Crippen molar-refractivity contribution in [3.05, 3.63) is 56.8 Å². The van der Waals surface area contributed by atoms with Gasteiger partial charge in [0.2, 0.25) is 0 Å². The molecular formula is C16H16Cl2N2O2. The van der Waals surface area contributed by atoms with Gasteiger partial charge in [-0.25, -0.2) is 4.79 Å². The van der Waals surface area contributed by atoms with Crippen LogP contribution in [0, 0.1) is 13.8 Å². The van der Waals surface area contributed by atoms with Gasteiger partial charge in [-0.05, 0) is 32.1 Å². The SMILES string of the molecule is Cc1nn(C)c(C)c1/C=C/C(=O)OCc1c(Cl)cccc1Cl. The predicted octanol–water partition coefficient (Wildman–Crippen LogP) is 4.10. The van der Waals surface area contributed by atoms with Gasteiger partial charge in [0, 0.05) is 40.0 Å². The fourth-order valence-electron chi connectivity index (χ4n) is 2.04. The van der Waals surface area contributed by atoms with Crippen LogP contribution in [0.2, 0.25) is 10.0 Å². The molecule has 0 aliphatic heterocycles. The highest BCUT2D eigenvalue weighted by Crippen LogP contribution is 2.25. The molecule has 0 spiro atoms. The van der Waals surface area contributed by atoms with E-state index in [0.29, 0.717) is 15.6 Å². The highest BCUT2D eigenvalue weighted by Gasteiger charge is 2.09. The van der Waals surface area contributed by atoms with Crippen molar-refractivity contribution >= 4 is 35.2 Å². The highest BCUT2D eigenvalue weighted by molar-refractivity contribution is 6.35. The van der Waals surface area contributed by atoms with Gasteiger partial charge in [0.25, 0.3) is 0 Å². The number of hydrogen-bond acceptors (Lipinski definition) is 3. The zero-order chi connectivity index (χ0) is 16.3. The molecule has 0 saturated heterocycles. The van der Waals surface area contributed by atoms with E-state index in [1.807, 2.05) is 20.9 Å². The lowest BCUT2D eigenvalue weighted by molar-refractivity contribution is -0.138. The van der Waals surface area contributed by atoms with Gasteiger partial charge in [0.1, 0.15) is 6.61 Å². The monoisotopic (exact) mass is 338 g/mol. The Labute approximate surface area is 139 Å². The maximum Gasteiger partial charge on any atom is 0.331 e. The first kappa shape index (κ1) is 16.6. The van der Waals surface area contributed by atoms with Gasteiger partial charge in [-0.3, -0.25) is 4.68 Å². The Kier molecular flexibility index (Phi) is 5.27. The van der Waals surface area contributed by atoms with E-state index in [1.165, 1.54) is 6.08 Å². The third-order valence-corrected chi connectivity index (χ3v) is 4.08. The molecule has 1 aromatic carbocycles. The van der Waals surface area contributed by atoms with Crippen LogP contribution in [0.1, 0.15) is 22.5 Å². The summed E-state index contributed by atoms with van der Waals surface area (Å²) in [6, 6.07) is 5.15. The summed E-state index contributed by atoms with van der Waals surface area (Å²) < 4.78 is 6.94. The second kappa shape index (κ2) is 6.99. The first-order valence-corrected chi connectivity index (χ1v) is 7.43. The number of hydrogen-bond donors (Lipinski definition) is 0. The van der Waals surface area contributed by atoms with E-state index < -0.39 is 5.97 Å². The van der Waals surface area contributed by atoms with Crippen molar-refractivity contribution < 1.29 is 9.53 Å². The normalized spacial score (nSPS) is 11.1. The van der Waals surface area contributed by atoms with Crippen molar-refractivity contribution in [2.45, 2.75) is 20.5 Å². The van der Waals surface area contributed by atoms with Crippen LogP contribution in [0.25, 0.3) is 6.08 Å². The summed E-state index contributed by atoms with van der Waals surface area (Å²) >= 11 is 12.1. The quantitative estimate of drug-likeness (QED) is 0.622. The number of carbonyl (C=O) groups excluding carboxylic acids is 1. The fraction of sp³-hybridized carbons (Fsp3) is 0.250. The molecule has 0 aliphatic rings. The number of carbonyl (C=O) groups is 1. The van der Waals surface area contributed by atoms with Gasteiger partial charge in [0.05, 0.1) is 5.69 Å². The Balaban J connectivity index is 2.03. The topological polar surface area (TPSA) is 44.1 Å². The van der Waals surface area contributed by atoms with Gasteiger partial charge in [-0.1, -0.05) is 29.3 Å². The van der Waals surface area contributed by atoms with E-state index in [2.05, 4.69) is 5.10 Å². The van der Waals surface area contributed by atoms with Crippen LogP contribution in [0.3, 0.4) is 0 Å². The Morgan fingerprint density at radius 3 is 2.50 bits per heavy atom. The summed E-state index contributed by atoms with van der Waals surface area (Å²) in [5.41, 5.74) is 3.35. The molecule has 0 amide bonds. The summed E-state index contributed by atoms with van der Waals surface area (Å²) in [7, 11) is 1.86. The molecule has 4 nitrogen and oxygen atoms in total. The van der Waals surface area contributed by atoms with Crippen molar-refractivity contribution in [3.63, 3.8) is 0 Å². The molecule has 0 bridgehead atoms. The number of aryl methyl sites for hydroxylation is 2. The minimum Gasteiger partial charge on any atom is -0.458 e. The minimum absolute atomic E-state index is 0.0344. The third-order valence-electron chi connectivity index (χ3n) is 3.37. The fourth-order valence-corrected chi connectivity index (χ4v) is 2.55. The van der Waals surface area contributed by atoms with Crippen LogP contribution in [0.4, 0.5) is 0 Å². The maximum atomic E-state index is 11.8. The number of rotatable bonds is 4. The first-order chi connectivity index (χ1) is 10.4. The van der Waals surface area contributed by atoms with Crippen molar-refractivity contribution in [2.24, 2.45) is 7.05 Å². The smallest absolute Gasteiger partial charge is 0.331 e. The second-order valence-electron chi connectivity index (χ2n) is 4.85. The minimum atomic E-state index is -0.460. The van der Waals surface area contributed by atoms with E-state index in [1.54, 1.807) is 29.0 Å². The number of halogens is 2. The van der Waals surface area contributed by atoms with Crippen LogP contribution in [0.5, 0.6) is 0 Å². The average Bonchev–Trinajstić information content (AvgIpc) is 2.69. The average molecular weight is 339 g/mol. The van der Waals surface area contributed by atoms with E-state index >= 15 is 0 Å². The summed E-state index contributed by atoms with van der Waals surface area (Å²) in [4.78, 5) is 11.8. The highest BCUT2D eigenvalue weighted by atomic mass is 35.5. The van der Waals surface area contributed by atoms with Gasteiger partial charge >= 0.3 is 5.97 Å². The van der Waals surface area contributed by atoms with Crippen LogP contribution >= 0.6 is 23.2 Å². The molecule has 0 saturated carbocycles. The van der Waals surface area contributed by atoms with Crippen molar-refractivity contribution in [1.82, 2.24) is 9.78 Å². The van der Waals surface area contributed by atoms with E-state index in [-0.39, 0.29) is 6.61 Å². The second-order valence-corrected chi connectivity index (χ2v) is 5.66. The first-order valence-electron chi connectivity index (χ1n) is 6.68. The Morgan fingerprint density at radius 1 is 1.32 bits per heavy atom. The van der Waals surface area contributed by atoms with Crippen LogP contribution in [-0.2, 0) is 23.2 Å². The van der Waals surface area contributed by atoms with Crippen molar-refractivity contribution in [3.8, 4) is 0 Å². The molecule has 0 N–H and O–H groups in total. The van der Waals surface area contributed by atoms with Crippen LogP contribution in [-0.4, -0.2) is 15.7 Å². The van der Waals surface area contributed by atoms with Crippen molar-refractivity contribution in [1.29, 1.82) is 0 Å². The van der Waals surface area contributed by atoms with E-state index in [4.69, 9.17) is 27.9 Å². The number of benzene rings is 1. The number of esters is 1. The summed E-state index contributed by atoms with van der Waals surface area (Å²) in [5, 5.41) is 5.23. The number of aromatic nitrogens is 2. The zero-order valence-electron chi connectivity index (χ0n) is 12.6. The molecule has 0 radical (unpaired) electrons. The summed E-state index contributed by atoms with van der Waals surface area (Å²) in [6.45, 7) is 3.86.